The number of aliphatic carboxylic acids is 1. The van der Waals surface area contributed by atoms with Gasteiger partial charge in [-0.25, -0.2) is 4.79 Å². The van der Waals surface area contributed by atoms with Gasteiger partial charge in [0, 0.05) is 32.0 Å². The Morgan fingerprint density at radius 1 is 1.14 bits per heavy atom. The van der Waals surface area contributed by atoms with Crippen molar-refractivity contribution in [2.45, 2.75) is 18.9 Å². The number of pyridine rings is 1. The highest BCUT2D eigenvalue weighted by Gasteiger charge is 2.35. The van der Waals surface area contributed by atoms with Crippen molar-refractivity contribution < 1.29 is 9.90 Å². The number of rotatable bonds is 5. The van der Waals surface area contributed by atoms with Crippen molar-refractivity contribution in [2.24, 2.45) is 5.92 Å². The first-order valence-electron chi connectivity index (χ1n) is 9.61. The average Bonchev–Trinajstić information content (AvgIpc) is 2.74. The van der Waals surface area contributed by atoms with Crippen LogP contribution in [0.5, 0.6) is 0 Å². The summed E-state index contributed by atoms with van der Waals surface area (Å²) in [5.74, 6) is -1.45. The van der Waals surface area contributed by atoms with Crippen molar-refractivity contribution in [1.29, 1.82) is 0 Å². The van der Waals surface area contributed by atoms with Crippen molar-refractivity contribution in [3.05, 3.63) is 75.2 Å². The number of H-pyrrole nitrogens is 1. The number of hydrogen-bond donors (Lipinski definition) is 2. The number of nitrogens with zero attached hydrogens (tertiary/aromatic N) is 3. The number of carbonyl (C=O) groups is 1. The van der Waals surface area contributed by atoms with Crippen LogP contribution in [0.15, 0.2) is 58.4 Å². The predicted molar refractivity (Wildman–Crippen MR) is 108 cm³/mol. The third kappa shape index (κ3) is 3.84. The van der Waals surface area contributed by atoms with E-state index < -0.39 is 17.6 Å². The molecule has 3 aromatic rings. The van der Waals surface area contributed by atoms with Crippen molar-refractivity contribution in [3.8, 4) is 0 Å². The highest BCUT2D eigenvalue weighted by Crippen LogP contribution is 2.32. The molecule has 0 aliphatic carbocycles. The smallest absolute Gasteiger partial charge is 0.328 e. The number of likely N-dealkylation sites (tertiary alicyclic amines) is 1. The summed E-state index contributed by atoms with van der Waals surface area (Å²) in [5.41, 5.74) is 0.720. The van der Waals surface area contributed by atoms with Crippen molar-refractivity contribution in [2.75, 3.05) is 19.6 Å². The van der Waals surface area contributed by atoms with E-state index in [9.17, 15) is 19.5 Å². The minimum atomic E-state index is -0.836. The molecule has 0 radical (unpaired) electrons. The van der Waals surface area contributed by atoms with E-state index in [1.165, 1.54) is 4.57 Å². The molecule has 0 spiro atoms. The second-order valence-corrected chi connectivity index (χ2v) is 7.35. The quantitative estimate of drug-likeness (QED) is 0.675. The molecule has 0 amide bonds. The summed E-state index contributed by atoms with van der Waals surface area (Å²) < 4.78 is 1.19. The lowest BCUT2D eigenvalue weighted by Gasteiger charge is -2.36. The minimum Gasteiger partial charge on any atom is -0.481 e. The summed E-state index contributed by atoms with van der Waals surface area (Å²) in [6.45, 7) is 1.74. The molecule has 1 aliphatic heterocycles. The van der Waals surface area contributed by atoms with Gasteiger partial charge >= 0.3 is 11.7 Å². The van der Waals surface area contributed by atoms with E-state index in [2.05, 4.69) is 9.97 Å². The molecule has 8 heteroatoms. The van der Waals surface area contributed by atoms with Crippen LogP contribution in [-0.2, 0) is 11.3 Å². The largest absolute Gasteiger partial charge is 0.481 e. The number of aromatic nitrogens is 3. The van der Waals surface area contributed by atoms with Crippen LogP contribution in [0.1, 0.15) is 17.9 Å². The molecule has 2 atom stereocenters. The number of benzene rings is 1. The second kappa shape index (κ2) is 8.00. The van der Waals surface area contributed by atoms with Crippen molar-refractivity contribution in [1.82, 2.24) is 19.4 Å². The van der Waals surface area contributed by atoms with Crippen LogP contribution in [-0.4, -0.2) is 50.1 Å². The molecule has 150 valence electrons. The Bertz CT molecular complexity index is 1140. The molecule has 0 saturated carbocycles. The first-order valence-corrected chi connectivity index (χ1v) is 9.61. The van der Waals surface area contributed by atoms with E-state index in [4.69, 9.17) is 0 Å². The van der Waals surface area contributed by atoms with Gasteiger partial charge in [-0.15, -0.1) is 0 Å². The zero-order valence-corrected chi connectivity index (χ0v) is 15.8. The van der Waals surface area contributed by atoms with E-state index in [1.807, 2.05) is 17.0 Å². The normalized spacial score (nSPS) is 20.0. The highest BCUT2D eigenvalue weighted by molar-refractivity contribution is 5.76. The number of piperidine rings is 1. The number of hydrogen-bond acceptors (Lipinski definition) is 5. The lowest BCUT2D eigenvalue weighted by molar-refractivity contribution is -0.144. The number of nitrogens with one attached hydrogen (secondary N) is 1. The van der Waals surface area contributed by atoms with E-state index >= 15 is 0 Å². The number of carboxylic acid groups (broad SMARTS) is 1. The lowest BCUT2D eigenvalue weighted by atomic mass is 9.81. The molecular weight excluding hydrogens is 372 g/mol. The molecule has 2 N–H and O–H groups in total. The topological polar surface area (TPSA) is 108 Å². The monoisotopic (exact) mass is 394 g/mol. The summed E-state index contributed by atoms with van der Waals surface area (Å²) in [6, 6.07) is 10.6. The summed E-state index contributed by atoms with van der Waals surface area (Å²) >= 11 is 0. The predicted octanol–water partition coefficient (Wildman–Crippen LogP) is 1.28. The molecule has 1 fully saturated rings. The van der Waals surface area contributed by atoms with Gasteiger partial charge in [0.05, 0.1) is 16.8 Å². The SMILES string of the molecule is O=C(O)C1CN(CCn2c(=O)[nH]c3ccccc3c2=O)CCC1c1ccncc1. The number of carboxylic acids is 1. The van der Waals surface area contributed by atoms with Gasteiger partial charge in [0.1, 0.15) is 0 Å². The van der Waals surface area contributed by atoms with E-state index in [1.54, 1.807) is 36.7 Å². The van der Waals surface area contributed by atoms with E-state index in [0.717, 1.165) is 5.56 Å². The Kier molecular flexibility index (Phi) is 5.26. The Morgan fingerprint density at radius 2 is 1.90 bits per heavy atom. The molecule has 29 heavy (non-hydrogen) atoms. The van der Waals surface area contributed by atoms with Crippen molar-refractivity contribution in [3.63, 3.8) is 0 Å². The molecule has 2 unspecified atom stereocenters. The third-order valence-corrected chi connectivity index (χ3v) is 5.68. The molecule has 0 bridgehead atoms. The Morgan fingerprint density at radius 3 is 2.66 bits per heavy atom. The van der Waals surface area contributed by atoms with E-state index in [-0.39, 0.29) is 18.0 Å². The molecule has 1 aromatic carbocycles. The Balaban J connectivity index is 1.50. The first-order chi connectivity index (χ1) is 14.0. The van der Waals surface area contributed by atoms with Gasteiger partial charge in [0.15, 0.2) is 0 Å². The Labute approximate surface area is 166 Å². The molecule has 1 aliphatic rings. The fraction of sp³-hybridized carbons (Fsp3) is 0.333. The number of aromatic amines is 1. The fourth-order valence-electron chi connectivity index (χ4n) is 4.13. The zero-order chi connectivity index (χ0) is 20.4. The maximum atomic E-state index is 12.7. The van der Waals surface area contributed by atoms with Crippen LogP contribution in [0.3, 0.4) is 0 Å². The first kappa shape index (κ1) is 19.1. The van der Waals surface area contributed by atoms with Crippen LogP contribution in [0, 0.1) is 5.92 Å². The zero-order valence-electron chi connectivity index (χ0n) is 15.8. The minimum absolute atomic E-state index is 0.0708. The van der Waals surface area contributed by atoms with Crippen LogP contribution in [0.2, 0.25) is 0 Å². The lowest BCUT2D eigenvalue weighted by Crippen LogP contribution is -2.46. The highest BCUT2D eigenvalue weighted by atomic mass is 16.4. The van der Waals surface area contributed by atoms with Crippen LogP contribution >= 0.6 is 0 Å². The average molecular weight is 394 g/mol. The summed E-state index contributed by atoms with van der Waals surface area (Å²) in [4.78, 5) is 45.6. The Hall–Kier alpha value is -3.26. The molecule has 4 rings (SSSR count). The van der Waals surface area contributed by atoms with Gasteiger partial charge in [0.25, 0.3) is 5.56 Å². The standard InChI is InChI=1S/C21H22N4O4/c26-19-16-3-1-2-4-18(16)23-21(29)25(19)12-11-24-10-7-15(17(13-24)20(27)28)14-5-8-22-9-6-14/h1-6,8-9,15,17H,7,10-13H2,(H,23,29)(H,27,28). The van der Waals surface area contributed by atoms with Gasteiger partial charge in [0.2, 0.25) is 0 Å². The number of fused-ring (bicyclic) bond motifs is 1. The molecule has 8 nitrogen and oxygen atoms in total. The maximum Gasteiger partial charge on any atom is 0.328 e. The third-order valence-electron chi connectivity index (χ3n) is 5.68. The van der Waals surface area contributed by atoms with E-state index in [0.29, 0.717) is 37.0 Å². The van der Waals surface area contributed by atoms with Gasteiger partial charge < -0.3 is 15.0 Å². The van der Waals surface area contributed by atoms with Crippen LogP contribution < -0.4 is 11.2 Å². The molecule has 1 saturated heterocycles. The molecule has 3 heterocycles. The maximum absolute atomic E-state index is 12.7. The van der Waals surface area contributed by atoms with Gasteiger partial charge in [-0.05, 0) is 48.7 Å². The van der Waals surface area contributed by atoms with Crippen LogP contribution in [0.4, 0.5) is 0 Å². The summed E-state index contributed by atoms with van der Waals surface area (Å²) in [6.07, 6.45) is 4.06. The van der Waals surface area contributed by atoms with Gasteiger partial charge in [-0.2, -0.15) is 0 Å². The summed E-state index contributed by atoms with van der Waals surface area (Å²) in [5, 5.41) is 10.2. The molecule has 2 aromatic heterocycles. The summed E-state index contributed by atoms with van der Waals surface area (Å²) in [7, 11) is 0. The fourth-order valence-corrected chi connectivity index (χ4v) is 4.13. The van der Waals surface area contributed by atoms with Crippen molar-refractivity contribution >= 4 is 16.9 Å². The number of para-hydroxylation sites is 1. The molecular formula is C21H22N4O4. The van der Waals surface area contributed by atoms with Gasteiger partial charge in [-0.1, -0.05) is 12.1 Å². The second-order valence-electron chi connectivity index (χ2n) is 7.35. The van der Waals surface area contributed by atoms with Gasteiger partial charge in [-0.3, -0.25) is 19.1 Å². The van der Waals surface area contributed by atoms with Crippen LogP contribution in [0.25, 0.3) is 10.9 Å².